The van der Waals surface area contributed by atoms with Gasteiger partial charge in [-0.1, -0.05) is 35.4 Å². The van der Waals surface area contributed by atoms with E-state index in [1.54, 1.807) is 0 Å². The van der Waals surface area contributed by atoms with Gasteiger partial charge in [-0.25, -0.2) is 4.79 Å². The summed E-state index contributed by atoms with van der Waals surface area (Å²) in [5.74, 6) is 0. The fraction of sp³-hybridized carbons (Fsp3) is 0.500. The molecule has 7 heteroatoms. The number of nitrogens with zero attached hydrogens (tertiary/aromatic N) is 4. The van der Waals surface area contributed by atoms with Crippen molar-refractivity contribution in [3.63, 3.8) is 0 Å². The van der Waals surface area contributed by atoms with Crippen molar-refractivity contribution in [2.75, 3.05) is 13.1 Å². The zero-order valence-corrected chi connectivity index (χ0v) is 11.6. The monoisotopic (exact) mass is 290 g/mol. The number of β-amino-alcohol motifs (C(OH)–C–C–N with tert-alkyl or cyclic N) is 1. The second kappa shape index (κ2) is 7.52. The van der Waals surface area contributed by atoms with Gasteiger partial charge in [0.2, 0.25) is 0 Å². The molecule has 2 rings (SSSR count). The molecule has 1 fully saturated rings. The van der Waals surface area contributed by atoms with E-state index in [9.17, 15) is 9.90 Å². The largest absolute Gasteiger partial charge is 0.445 e. The number of benzene rings is 1. The molecule has 0 spiro atoms. The van der Waals surface area contributed by atoms with Crippen LogP contribution in [0.4, 0.5) is 4.79 Å². The Balaban J connectivity index is 1.89. The van der Waals surface area contributed by atoms with Crippen molar-refractivity contribution in [1.29, 1.82) is 0 Å². The van der Waals surface area contributed by atoms with Crippen LogP contribution < -0.4 is 0 Å². The number of carbonyl (C=O) groups is 1. The highest BCUT2D eigenvalue weighted by Gasteiger charge is 2.27. The maximum Gasteiger partial charge on any atom is 0.410 e. The van der Waals surface area contributed by atoms with E-state index < -0.39 is 18.2 Å². The van der Waals surface area contributed by atoms with Crippen LogP contribution in [0.5, 0.6) is 0 Å². The molecule has 7 nitrogen and oxygen atoms in total. The number of rotatable bonds is 3. The number of likely N-dealkylation sites (tertiary alicyclic amines) is 1. The van der Waals surface area contributed by atoms with Crippen LogP contribution in [0.2, 0.25) is 0 Å². The molecule has 112 valence electrons. The van der Waals surface area contributed by atoms with Crippen LogP contribution in [0.25, 0.3) is 10.4 Å². The van der Waals surface area contributed by atoms with Crippen LogP contribution in [-0.2, 0) is 11.3 Å². The standard InChI is InChI=1S/C14H18N4O3/c15-17-16-12-7-4-8-18(9-13(12)19)14(20)21-10-11-5-2-1-3-6-11/h1-3,5-6,12-13,19H,4,7-10H2. The summed E-state index contributed by atoms with van der Waals surface area (Å²) >= 11 is 0. The average Bonchev–Trinajstić information content (AvgIpc) is 2.69. The molecule has 1 N–H and O–H groups in total. The topological polar surface area (TPSA) is 98.5 Å². The lowest BCUT2D eigenvalue weighted by Crippen LogP contribution is -2.39. The van der Waals surface area contributed by atoms with E-state index in [4.69, 9.17) is 10.3 Å². The number of ether oxygens (including phenoxy) is 1. The Morgan fingerprint density at radius 3 is 2.95 bits per heavy atom. The average molecular weight is 290 g/mol. The quantitative estimate of drug-likeness (QED) is 0.526. The summed E-state index contributed by atoms with van der Waals surface area (Å²) in [4.78, 5) is 16.2. The number of hydrogen-bond acceptors (Lipinski definition) is 4. The zero-order valence-electron chi connectivity index (χ0n) is 11.6. The number of hydrogen-bond donors (Lipinski definition) is 1. The molecule has 1 aromatic rings. The van der Waals surface area contributed by atoms with Crippen molar-refractivity contribution < 1.29 is 14.6 Å². The van der Waals surface area contributed by atoms with Crippen molar-refractivity contribution in [2.45, 2.75) is 31.6 Å². The lowest BCUT2D eigenvalue weighted by molar-refractivity contribution is 0.0702. The molecular formula is C14H18N4O3. The first-order valence-electron chi connectivity index (χ1n) is 6.88. The second-order valence-corrected chi connectivity index (χ2v) is 4.97. The van der Waals surface area contributed by atoms with Gasteiger partial charge in [-0.2, -0.15) is 0 Å². The van der Waals surface area contributed by atoms with Gasteiger partial charge >= 0.3 is 6.09 Å². The van der Waals surface area contributed by atoms with Gasteiger partial charge < -0.3 is 14.7 Å². The van der Waals surface area contributed by atoms with Crippen LogP contribution in [0, 0.1) is 0 Å². The Labute approximate surface area is 122 Å². The first kappa shape index (κ1) is 15.2. The molecule has 1 heterocycles. The molecule has 2 unspecified atom stereocenters. The molecule has 0 radical (unpaired) electrons. The van der Waals surface area contributed by atoms with Crippen molar-refractivity contribution in [3.8, 4) is 0 Å². The number of amides is 1. The van der Waals surface area contributed by atoms with Crippen LogP contribution in [-0.4, -0.2) is 41.3 Å². The lowest BCUT2D eigenvalue weighted by atomic mass is 10.1. The molecule has 0 aliphatic carbocycles. The minimum atomic E-state index is -0.854. The number of azide groups is 1. The van der Waals surface area contributed by atoms with Crippen molar-refractivity contribution in [2.24, 2.45) is 5.11 Å². The molecule has 1 saturated heterocycles. The van der Waals surface area contributed by atoms with Gasteiger partial charge in [0.05, 0.1) is 18.7 Å². The summed E-state index contributed by atoms with van der Waals surface area (Å²) in [6.07, 6.45) is -0.0818. The zero-order chi connectivity index (χ0) is 15.1. The summed E-state index contributed by atoms with van der Waals surface area (Å²) in [7, 11) is 0. The van der Waals surface area contributed by atoms with Gasteiger partial charge in [-0.05, 0) is 23.9 Å². The van der Waals surface area contributed by atoms with E-state index in [2.05, 4.69) is 10.0 Å². The molecule has 21 heavy (non-hydrogen) atoms. The molecule has 1 aliphatic rings. The van der Waals surface area contributed by atoms with Gasteiger partial charge in [-0.15, -0.1) is 0 Å². The third kappa shape index (κ3) is 4.37. The molecular weight excluding hydrogens is 272 g/mol. The third-order valence-electron chi connectivity index (χ3n) is 3.44. The Morgan fingerprint density at radius 1 is 1.48 bits per heavy atom. The molecule has 2 atom stereocenters. The van der Waals surface area contributed by atoms with E-state index >= 15 is 0 Å². The highest BCUT2D eigenvalue weighted by atomic mass is 16.6. The molecule has 0 bridgehead atoms. The molecule has 1 aliphatic heterocycles. The summed E-state index contributed by atoms with van der Waals surface area (Å²) in [5.41, 5.74) is 9.37. The van der Waals surface area contributed by atoms with Gasteiger partial charge in [0.15, 0.2) is 0 Å². The summed E-state index contributed by atoms with van der Waals surface area (Å²) in [5, 5.41) is 13.5. The molecule has 1 aromatic carbocycles. The highest BCUT2D eigenvalue weighted by molar-refractivity contribution is 5.67. The smallest absolute Gasteiger partial charge is 0.410 e. The van der Waals surface area contributed by atoms with Crippen LogP contribution in [0.1, 0.15) is 18.4 Å². The predicted molar refractivity (Wildman–Crippen MR) is 76.4 cm³/mol. The maximum atomic E-state index is 12.0. The Hall–Kier alpha value is -2.24. The van der Waals surface area contributed by atoms with Crippen molar-refractivity contribution in [1.82, 2.24) is 4.90 Å². The van der Waals surface area contributed by atoms with Crippen LogP contribution in [0.15, 0.2) is 35.4 Å². The van der Waals surface area contributed by atoms with E-state index in [-0.39, 0.29) is 13.2 Å². The summed E-state index contributed by atoms with van der Waals surface area (Å²) in [6, 6.07) is 8.92. The van der Waals surface area contributed by atoms with Gasteiger partial charge in [-0.3, -0.25) is 0 Å². The highest BCUT2D eigenvalue weighted by Crippen LogP contribution is 2.16. The van der Waals surface area contributed by atoms with E-state index in [0.717, 1.165) is 5.56 Å². The van der Waals surface area contributed by atoms with Crippen LogP contribution >= 0.6 is 0 Å². The minimum absolute atomic E-state index is 0.122. The molecule has 0 saturated carbocycles. The number of aliphatic hydroxyl groups is 1. The minimum Gasteiger partial charge on any atom is -0.445 e. The third-order valence-corrected chi connectivity index (χ3v) is 3.44. The normalized spacial score (nSPS) is 22.0. The predicted octanol–water partition coefficient (Wildman–Crippen LogP) is 2.46. The molecule has 0 aromatic heterocycles. The first-order chi connectivity index (χ1) is 10.2. The maximum absolute atomic E-state index is 12.0. The fourth-order valence-electron chi connectivity index (χ4n) is 2.30. The van der Waals surface area contributed by atoms with Crippen molar-refractivity contribution in [3.05, 3.63) is 46.3 Å². The number of aliphatic hydroxyl groups excluding tert-OH is 1. The van der Waals surface area contributed by atoms with E-state index in [1.807, 2.05) is 30.3 Å². The SMILES string of the molecule is [N-]=[N+]=NC1CCCN(C(=O)OCc2ccccc2)CC1O. The Morgan fingerprint density at radius 2 is 2.24 bits per heavy atom. The molecule has 1 amide bonds. The van der Waals surface area contributed by atoms with E-state index in [1.165, 1.54) is 4.90 Å². The van der Waals surface area contributed by atoms with E-state index in [0.29, 0.717) is 19.4 Å². The van der Waals surface area contributed by atoms with Crippen LogP contribution in [0.3, 0.4) is 0 Å². The van der Waals surface area contributed by atoms with Gasteiger partial charge in [0.1, 0.15) is 6.61 Å². The fourth-order valence-corrected chi connectivity index (χ4v) is 2.30. The number of carbonyl (C=O) groups excluding carboxylic acids is 1. The first-order valence-corrected chi connectivity index (χ1v) is 6.88. The van der Waals surface area contributed by atoms with Gasteiger partial charge in [0, 0.05) is 11.5 Å². The summed E-state index contributed by atoms with van der Waals surface area (Å²) < 4.78 is 5.24. The van der Waals surface area contributed by atoms with Crippen molar-refractivity contribution >= 4 is 6.09 Å². The summed E-state index contributed by atoms with van der Waals surface area (Å²) in [6.45, 7) is 0.811. The van der Waals surface area contributed by atoms with Gasteiger partial charge in [0.25, 0.3) is 0 Å². The second-order valence-electron chi connectivity index (χ2n) is 4.97. The lowest BCUT2D eigenvalue weighted by Gasteiger charge is -2.22. The Kier molecular flexibility index (Phi) is 5.43. The Bertz CT molecular complexity index is 516.